The minimum absolute atomic E-state index is 0.236. The second-order valence-corrected chi connectivity index (χ2v) is 8.68. The molecule has 0 aromatic heterocycles. The van der Waals surface area contributed by atoms with Gasteiger partial charge in [0.15, 0.2) is 6.29 Å². The first-order valence-corrected chi connectivity index (χ1v) is 12.2. The zero-order valence-electron chi connectivity index (χ0n) is 20.4. The van der Waals surface area contributed by atoms with Crippen molar-refractivity contribution in [2.75, 3.05) is 13.2 Å². The molecule has 0 radical (unpaired) electrons. The summed E-state index contributed by atoms with van der Waals surface area (Å²) in [4.78, 5) is 0. The monoisotopic (exact) mass is 490 g/mol. The average Bonchev–Trinajstić information content (AvgIpc) is 2.93. The number of ether oxygens (including phenoxy) is 5. The van der Waals surface area contributed by atoms with Crippen molar-refractivity contribution in [1.82, 2.24) is 0 Å². The number of aliphatic hydroxyl groups is 1. The zero-order valence-corrected chi connectivity index (χ0v) is 20.4. The maximum atomic E-state index is 11.2. The van der Waals surface area contributed by atoms with Crippen molar-refractivity contribution in [3.63, 3.8) is 0 Å². The summed E-state index contributed by atoms with van der Waals surface area (Å²) in [5.41, 5.74) is 3.08. The van der Waals surface area contributed by atoms with E-state index in [2.05, 4.69) is 6.58 Å². The molecular weight excluding hydrogens is 456 g/mol. The highest BCUT2D eigenvalue weighted by atomic mass is 16.7. The van der Waals surface area contributed by atoms with Crippen molar-refractivity contribution in [1.29, 1.82) is 0 Å². The molecule has 1 fully saturated rings. The number of rotatable bonds is 13. The quantitative estimate of drug-likeness (QED) is 0.352. The lowest BCUT2D eigenvalue weighted by molar-refractivity contribution is -0.316. The molecule has 36 heavy (non-hydrogen) atoms. The third kappa shape index (κ3) is 7.58. The first kappa shape index (κ1) is 26.2. The Bertz CT molecular complexity index is 1010. The maximum absolute atomic E-state index is 11.2. The lowest BCUT2D eigenvalue weighted by Crippen LogP contribution is -2.61. The van der Waals surface area contributed by atoms with Gasteiger partial charge in [-0.05, 0) is 16.7 Å². The standard InChI is InChI=1S/C30H34O6/c1-2-18-33-30-27(31)29(35-21-25-16-10-5-11-17-25)28(34-20-24-14-8-4-9-15-24)26(36-30)22-32-19-23-12-6-3-7-13-23/h2-17,26-31H,1,18-22H2/t26-,27-,28-,29-,30?/m1/s1. The molecule has 0 aliphatic carbocycles. The van der Waals surface area contributed by atoms with Crippen LogP contribution in [0.3, 0.4) is 0 Å². The topological polar surface area (TPSA) is 66.4 Å². The van der Waals surface area contributed by atoms with Crippen LogP contribution in [0.1, 0.15) is 16.7 Å². The van der Waals surface area contributed by atoms with Crippen LogP contribution in [0.2, 0.25) is 0 Å². The molecule has 1 saturated heterocycles. The molecule has 190 valence electrons. The van der Waals surface area contributed by atoms with Gasteiger partial charge in [0.2, 0.25) is 0 Å². The molecule has 1 aliphatic heterocycles. The van der Waals surface area contributed by atoms with Gasteiger partial charge < -0.3 is 28.8 Å². The summed E-state index contributed by atoms with van der Waals surface area (Å²) in [6, 6.07) is 29.7. The van der Waals surface area contributed by atoms with Gasteiger partial charge in [0.1, 0.15) is 24.4 Å². The van der Waals surface area contributed by atoms with Crippen LogP contribution in [-0.2, 0) is 43.5 Å². The molecule has 0 amide bonds. The van der Waals surface area contributed by atoms with Crippen LogP contribution in [-0.4, -0.2) is 49.0 Å². The van der Waals surface area contributed by atoms with Gasteiger partial charge in [-0.3, -0.25) is 0 Å². The Kier molecular flexibility index (Phi) is 10.2. The maximum Gasteiger partial charge on any atom is 0.187 e. The van der Waals surface area contributed by atoms with Crippen LogP contribution >= 0.6 is 0 Å². The molecule has 6 nitrogen and oxygen atoms in total. The highest BCUT2D eigenvalue weighted by Crippen LogP contribution is 2.29. The number of aliphatic hydroxyl groups excluding tert-OH is 1. The lowest BCUT2D eigenvalue weighted by atomic mass is 9.98. The van der Waals surface area contributed by atoms with Gasteiger partial charge in [-0.15, -0.1) is 6.58 Å². The molecule has 5 atom stereocenters. The molecule has 0 spiro atoms. The molecule has 3 aromatic carbocycles. The zero-order chi connectivity index (χ0) is 25.0. The Hall–Kier alpha value is -2.84. The molecule has 6 heteroatoms. The second-order valence-electron chi connectivity index (χ2n) is 8.68. The van der Waals surface area contributed by atoms with E-state index in [4.69, 9.17) is 23.7 Å². The predicted molar refractivity (Wildman–Crippen MR) is 137 cm³/mol. The van der Waals surface area contributed by atoms with E-state index in [1.165, 1.54) is 0 Å². The van der Waals surface area contributed by atoms with Crippen molar-refractivity contribution < 1.29 is 28.8 Å². The SMILES string of the molecule is C=CCOC1O[C@H](COCc2ccccc2)[C@@H](OCc2ccccc2)[C@H](OCc2ccccc2)[C@H]1O. The molecule has 1 heterocycles. The van der Waals surface area contributed by atoms with Crippen LogP contribution in [0.15, 0.2) is 104 Å². The predicted octanol–water partition coefficient (Wildman–Crippen LogP) is 4.66. The van der Waals surface area contributed by atoms with E-state index >= 15 is 0 Å². The molecule has 0 saturated carbocycles. The van der Waals surface area contributed by atoms with Gasteiger partial charge in [-0.25, -0.2) is 0 Å². The van der Waals surface area contributed by atoms with E-state index in [9.17, 15) is 5.11 Å². The van der Waals surface area contributed by atoms with Crippen LogP contribution < -0.4 is 0 Å². The minimum Gasteiger partial charge on any atom is -0.385 e. The normalized spacial score (nSPS) is 23.9. The van der Waals surface area contributed by atoms with Crippen molar-refractivity contribution in [3.05, 3.63) is 120 Å². The fourth-order valence-corrected chi connectivity index (χ4v) is 4.12. The van der Waals surface area contributed by atoms with E-state index in [-0.39, 0.29) is 13.2 Å². The van der Waals surface area contributed by atoms with Gasteiger partial charge in [0.25, 0.3) is 0 Å². The molecule has 1 aliphatic rings. The van der Waals surface area contributed by atoms with Crippen LogP contribution in [0.4, 0.5) is 0 Å². The first-order valence-electron chi connectivity index (χ1n) is 12.2. The van der Waals surface area contributed by atoms with E-state index in [1.807, 2.05) is 91.0 Å². The van der Waals surface area contributed by atoms with Crippen molar-refractivity contribution in [2.45, 2.75) is 50.5 Å². The smallest absolute Gasteiger partial charge is 0.187 e. The first-order chi connectivity index (χ1) is 17.7. The molecular formula is C30H34O6. The fraction of sp³-hybridized carbons (Fsp3) is 0.333. The highest BCUT2D eigenvalue weighted by Gasteiger charge is 2.47. The van der Waals surface area contributed by atoms with Crippen LogP contribution in [0.5, 0.6) is 0 Å². The van der Waals surface area contributed by atoms with E-state index in [0.717, 1.165) is 16.7 Å². The van der Waals surface area contributed by atoms with E-state index < -0.39 is 30.7 Å². The number of benzene rings is 3. The number of hydrogen-bond acceptors (Lipinski definition) is 6. The van der Waals surface area contributed by atoms with Crippen molar-refractivity contribution in [2.24, 2.45) is 0 Å². The van der Waals surface area contributed by atoms with Gasteiger partial charge in [0, 0.05) is 0 Å². The van der Waals surface area contributed by atoms with E-state index in [0.29, 0.717) is 19.8 Å². The van der Waals surface area contributed by atoms with E-state index in [1.54, 1.807) is 6.08 Å². The highest BCUT2D eigenvalue weighted by molar-refractivity contribution is 5.15. The Morgan fingerprint density at radius 2 is 1.19 bits per heavy atom. The Morgan fingerprint density at radius 1 is 0.694 bits per heavy atom. The Balaban J connectivity index is 1.51. The minimum atomic E-state index is -1.06. The van der Waals surface area contributed by atoms with Gasteiger partial charge in [0.05, 0.1) is 33.0 Å². The fourth-order valence-electron chi connectivity index (χ4n) is 4.12. The van der Waals surface area contributed by atoms with Crippen molar-refractivity contribution >= 4 is 0 Å². The second kappa shape index (κ2) is 14.0. The summed E-state index contributed by atoms with van der Waals surface area (Å²) in [5.74, 6) is 0. The molecule has 0 bridgehead atoms. The third-order valence-electron chi connectivity index (χ3n) is 5.96. The van der Waals surface area contributed by atoms with Gasteiger partial charge in [-0.1, -0.05) is 97.1 Å². The van der Waals surface area contributed by atoms with Gasteiger partial charge >= 0.3 is 0 Å². The largest absolute Gasteiger partial charge is 0.385 e. The average molecular weight is 491 g/mol. The molecule has 4 rings (SSSR count). The molecule has 1 unspecified atom stereocenters. The number of hydrogen-bond donors (Lipinski definition) is 1. The lowest BCUT2D eigenvalue weighted by Gasteiger charge is -2.44. The summed E-state index contributed by atoms with van der Waals surface area (Å²) >= 11 is 0. The summed E-state index contributed by atoms with van der Waals surface area (Å²) in [6.45, 7) is 5.29. The van der Waals surface area contributed by atoms with Crippen molar-refractivity contribution in [3.8, 4) is 0 Å². The summed E-state index contributed by atoms with van der Waals surface area (Å²) in [7, 11) is 0. The molecule has 3 aromatic rings. The summed E-state index contributed by atoms with van der Waals surface area (Å²) < 4.78 is 30.6. The van der Waals surface area contributed by atoms with Crippen LogP contribution in [0, 0.1) is 0 Å². The Labute approximate surface area is 213 Å². The van der Waals surface area contributed by atoms with Crippen LogP contribution in [0.25, 0.3) is 0 Å². The summed E-state index contributed by atoms with van der Waals surface area (Å²) in [6.07, 6.45) is -2.12. The third-order valence-corrected chi connectivity index (χ3v) is 5.96. The Morgan fingerprint density at radius 3 is 1.72 bits per heavy atom. The summed E-state index contributed by atoms with van der Waals surface area (Å²) in [5, 5.41) is 11.2. The van der Waals surface area contributed by atoms with Gasteiger partial charge in [-0.2, -0.15) is 0 Å². The molecule has 1 N–H and O–H groups in total.